The predicted molar refractivity (Wildman–Crippen MR) is 106 cm³/mol. The SMILES string of the molecule is Cc1ccccc1NC(=O)c1ccc(COc2ccc3ccccc3c2)o1. The third kappa shape index (κ3) is 3.85. The smallest absolute Gasteiger partial charge is 0.291 e. The Labute approximate surface area is 157 Å². The second kappa shape index (κ2) is 7.38. The van der Waals surface area contributed by atoms with Gasteiger partial charge in [-0.3, -0.25) is 4.79 Å². The fraction of sp³-hybridized carbons (Fsp3) is 0.0870. The molecule has 0 saturated carbocycles. The van der Waals surface area contributed by atoms with Crippen LogP contribution in [0.1, 0.15) is 21.9 Å². The molecular formula is C23H19NO3. The zero-order valence-electron chi connectivity index (χ0n) is 14.9. The molecule has 1 aromatic heterocycles. The van der Waals surface area contributed by atoms with Gasteiger partial charge < -0.3 is 14.5 Å². The van der Waals surface area contributed by atoms with E-state index in [0.29, 0.717) is 5.76 Å². The lowest BCUT2D eigenvalue weighted by molar-refractivity contribution is 0.0992. The molecule has 0 aliphatic carbocycles. The van der Waals surface area contributed by atoms with E-state index in [0.717, 1.165) is 27.8 Å². The number of fused-ring (bicyclic) bond motifs is 1. The maximum Gasteiger partial charge on any atom is 0.291 e. The number of carbonyl (C=O) groups excluding carboxylic acids is 1. The Bertz CT molecular complexity index is 1100. The summed E-state index contributed by atoms with van der Waals surface area (Å²) >= 11 is 0. The number of furan rings is 1. The van der Waals surface area contributed by atoms with Gasteiger partial charge >= 0.3 is 0 Å². The highest BCUT2D eigenvalue weighted by atomic mass is 16.5. The summed E-state index contributed by atoms with van der Waals surface area (Å²) in [6.45, 7) is 2.20. The van der Waals surface area contributed by atoms with Crippen molar-refractivity contribution in [1.29, 1.82) is 0 Å². The number of nitrogens with one attached hydrogen (secondary N) is 1. The summed E-state index contributed by atoms with van der Waals surface area (Å²) in [6.07, 6.45) is 0. The first-order chi connectivity index (χ1) is 13.2. The maximum absolute atomic E-state index is 12.4. The van der Waals surface area contributed by atoms with Crippen molar-refractivity contribution in [3.63, 3.8) is 0 Å². The highest BCUT2D eigenvalue weighted by molar-refractivity contribution is 6.02. The maximum atomic E-state index is 12.4. The van der Waals surface area contributed by atoms with Crippen molar-refractivity contribution >= 4 is 22.4 Å². The van der Waals surface area contributed by atoms with Gasteiger partial charge in [0.15, 0.2) is 5.76 Å². The Morgan fingerprint density at radius 2 is 1.70 bits per heavy atom. The molecule has 0 aliphatic rings. The molecule has 0 bridgehead atoms. The van der Waals surface area contributed by atoms with E-state index in [1.54, 1.807) is 12.1 Å². The van der Waals surface area contributed by atoms with E-state index in [1.165, 1.54) is 0 Å². The molecule has 1 N–H and O–H groups in total. The van der Waals surface area contributed by atoms with Gasteiger partial charge in [-0.1, -0.05) is 48.5 Å². The van der Waals surface area contributed by atoms with E-state index < -0.39 is 0 Å². The quantitative estimate of drug-likeness (QED) is 0.508. The minimum Gasteiger partial charge on any atom is -0.486 e. The van der Waals surface area contributed by atoms with Crippen LogP contribution in [-0.4, -0.2) is 5.91 Å². The number of aryl methyl sites for hydroxylation is 1. The van der Waals surface area contributed by atoms with Crippen LogP contribution in [0.3, 0.4) is 0 Å². The van der Waals surface area contributed by atoms with Gasteiger partial charge in [-0.05, 0) is 53.6 Å². The Kier molecular flexibility index (Phi) is 4.62. The molecule has 1 heterocycles. The summed E-state index contributed by atoms with van der Waals surface area (Å²) in [5.41, 5.74) is 1.77. The van der Waals surface area contributed by atoms with E-state index in [1.807, 2.05) is 67.6 Å². The molecule has 0 fully saturated rings. The number of hydrogen-bond acceptors (Lipinski definition) is 3. The average molecular weight is 357 g/mol. The van der Waals surface area contributed by atoms with Gasteiger partial charge in [0.05, 0.1) is 0 Å². The topological polar surface area (TPSA) is 51.5 Å². The van der Waals surface area contributed by atoms with Gasteiger partial charge in [0.2, 0.25) is 0 Å². The summed E-state index contributed by atoms with van der Waals surface area (Å²) in [4.78, 5) is 12.4. The van der Waals surface area contributed by atoms with Crippen molar-refractivity contribution < 1.29 is 13.9 Å². The van der Waals surface area contributed by atoms with Crippen molar-refractivity contribution in [2.24, 2.45) is 0 Å². The van der Waals surface area contributed by atoms with Crippen LogP contribution in [-0.2, 0) is 6.61 Å². The number of rotatable bonds is 5. The molecule has 0 saturated heterocycles. The molecule has 0 spiro atoms. The molecule has 0 atom stereocenters. The molecule has 0 unspecified atom stereocenters. The van der Waals surface area contributed by atoms with Crippen molar-refractivity contribution in [1.82, 2.24) is 0 Å². The number of anilines is 1. The van der Waals surface area contributed by atoms with Gasteiger partial charge in [0.1, 0.15) is 18.1 Å². The zero-order chi connectivity index (χ0) is 18.6. The van der Waals surface area contributed by atoms with E-state index in [9.17, 15) is 4.79 Å². The van der Waals surface area contributed by atoms with E-state index in [2.05, 4.69) is 11.4 Å². The molecule has 134 valence electrons. The molecule has 4 rings (SSSR count). The first-order valence-corrected chi connectivity index (χ1v) is 8.76. The molecule has 4 nitrogen and oxygen atoms in total. The Morgan fingerprint density at radius 3 is 2.56 bits per heavy atom. The number of para-hydroxylation sites is 1. The molecule has 0 aliphatic heterocycles. The number of hydrogen-bond donors (Lipinski definition) is 1. The van der Waals surface area contributed by atoms with Crippen LogP contribution in [0.5, 0.6) is 5.75 Å². The van der Waals surface area contributed by atoms with Gasteiger partial charge in [-0.25, -0.2) is 0 Å². The highest BCUT2D eigenvalue weighted by Crippen LogP contribution is 2.22. The summed E-state index contributed by atoms with van der Waals surface area (Å²) in [7, 11) is 0. The minimum atomic E-state index is -0.277. The summed E-state index contributed by atoms with van der Waals surface area (Å²) in [5.74, 6) is 1.34. The van der Waals surface area contributed by atoms with Crippen LogP contribution >= 0.6 is 0 Å². The molecule has 3 aromatic carbocycles. The van der Waals surface area contributed by atoms with Crippen LogP contribution in [0.2, 0.25) is 0 Å². The molecule has 27 heavy (non-hydrogen) atoms. The predicted octanol–water partition coefficient (Wildman–Crippen LogP) is 5.57. The molecule has 0 radical (unpaired) electrons. The summed E-state index contributed by atoms with van der Waals surface area (Å²) in [5, 5.41) is 5.14. The molecular weight excluding hydrogens is 338 g/mol. The number of carbonyl (C=O) groups is 1. The van der Waals surface area contributed by atoms with E-state index in [4.69, 9.17) is 9.15 Å². The van der Waals surface area contributed by atoms with Crippen molar-refractivity contribution in [2.45, 2.75) is 13.5 Å². The fourth-order valence-electron chi connectivity index (χ4n) is 2.89. The van der Waals surface area contributed by atoms with Crippen LogP contribution < -0.4 is 10.1 Å². The Hall–Kier alpha value is -3.53. The summed E-state index contributed by atoms with van der Waals surface area (Å²) < 4.78 is 11.4. The molecule has 4 heteroatoms. The van der Waals surface area contributed by atoms with Gasteiger partial charge in [-0.2, -0.15) is 0 Å². The third-order valence-electron chi connectivity index (χ3n) is 4.38. The average Bonchev–Trinajstić information content (AvgIpc) is 3.17. The summed E-state index contributed by atoms with van der Waals surface area (Å²) in [6, 6.07) is 25.1. The second-order valence-corrected chi connectivity index (χ2v) is 6.33. The monoisotopic (exact) mass is 357 g/mol. The molecule has 1 amide bonds. The zero-order valence-corrected chi connectivity index (χ0v) is 14.9. The van der Waals surface area contributed by atoms with Crippen molar-refractivity contribution in [3.8, 4) is 5.75 Å². The first kappa shape index (κ1) is 16.9. The lowest BCUT2D eigenvalue weighted by atomic mass is 10.1. The second-order valence-electron chi connectivity index (χ2n) is 6.33. The normalized spacial score (nSPS) is 10.7. The lowest BCUT2D eigenvalue weighted by Gasteiger charge is -2.07. The Morgan fingerprint density at radius 1 is 0.926 bits per heavy atom. The van der Waals surface area contributed by atoms with Gasteiger partial charge in [0.25, 0.3) is 5.91 Å². The van der Waals surface area contributed by atoms with Crippen LogP contribution in [0.15, 0.2) is 83.3 Å². The fourth-order valence-corrected chi connectivity index (χ4v) is 2.89. The molecule has 4 aromatic rings. The van der Waals surface area contributed by atoms with Crippen LogP contribution in [0.4, 0.5) is 5.69 Å². The lowest BCUT2D eigenvalue weighted by Crippen LogP contribution is -2.11. The minimum absolute atomic E-state index is 0.260. The standard InChI is InChI=1S/C23H19NO3/c1-16-6-2-5-9-21(16)24-23(25)22-13-12-20(27-22)15-26-19-11-10-17-7-3-4-8-18(17)14-19/h2-14H,15H2,1H3,(H,24,25). The van der Waals surface area contributed by atoms with E-state index >= 15 is 0 Å². The number of benzene rings is 3. The van der Waals surface area contributed by atoms with Crippen molar-refractivity contribution in [3.05, 3.63) is 95.9 Å². The van der Waals surface area contributed by atoms with Crippen LogP contribution in [0.25, 0.3) is 10.8 Å². The first-order valence-electron chi connectivity index (χ1n) is 8.76. The van der Waals surface area contributed by atoms with Gasteiger partial charge in [0, 0.05) is 5.69 Å². The largest absolute Gasteiger partial charge is 0.486 e. The van der Waals surface area contributed by atoms with E-state index in [-0.39, 0.29) is 18.3 Å². The Balaban J connectivity index is 1.41. The third-order valence-corrected chi connectivity index (χ3v) is 4.38. The highest BCUT2D eigenvalue weighted by Gasteiger charge is 2.12. The number of ether oxygens (including phenoxy) is 1. The van der Waals surface area contributed by atoms with Crippen LogP contribution in [0, 0.1) is 6.92 Å². The number of amides is 1. The van der Waals surface area contributed by atoms with Crippen molar-refractivity contribution in [2.75, 3.05) is 5.32 Å². The van der Waals surface area contributed by atoms with Gasteiger partial charge in [-0.15, -0.1) is 0 Å².